The molecule has 0 fully saturated rings. The van der Waals surface area contributed by atoms with Gasteiger partial charge in [-0.2, -0.15) is 0 Å². The van der Waals surface area contributed by atoms with Crippen LogP contribution in [0.1, 0.15) is 26.5 Å². The van der Waals surface area contributed by atoms with E-state index >= 15 is 0 Å². The Balaban J connectivity index is 2.34. The van der Waals surface area contributed by atoms with Crippen molar-refractivity contribution in [3.63, 3.8) is 0 Å². The third kappa shape index (κ3) is 1.96. The van der Waals surface area contributed by atoms with E-state index in [0.717, 1.165) is 22.2 Å². The van der Waals surface area contributed by atoms with Crippen LogP contribution >= 0.6 is 0 Å². The van der Waals surface area contributed by atoms with Gasteiger partial charge in [0.1, 0.15) is 11.5 Å². The number of nitrogens with one attached hydrogen (secondary N) is 1. The maximum absolute atomic E-state index is 13.8. The third-order valence-electron chi connectivity index (χ3n) is 4.16. The van der Waals surface area contributed by atoms with Gasteiger partial charge in [-0.05, 0) is 24.3 Å². The molecule has 5 heteroatoms. The van der Waals surface area contributed by atoms with E-state index in [0.29, 0.717) is 10.8 Å². The maximum atomic E-state index is 13.8. The first kappa shape index (κ1) is 13.9. The molecule has 0 saturated heterocycles. The molecular weight excluding hydrogens is 293 g/mol. The first-order valence-electron chi connectivity index (χ1n) is 7.48. The molecule has 0 saturated carbocycles. The van der Waals surface area contributed by atoms with E-state index in [1.807, 2.05) is 16.7 Å². The molecule has 0 amide bonds. The molecule has 116 valence electrons. The molecule has 1 aromatic carbocycles. The van der Waals surface area contributed by atoms with E-state index in [9.17, 15) is 9.18 Å². The summed E-state index contributed by atoms with van der Waals surface area (Å²) in [6.07, 6.45) is 3.56. The van der Waals surface area contributed by atoms with Gasteiger partial charge < -0.3 is 4.98 Å². The first-order valence-corrected chi connectivity index (χ1v) is 7.48. The Labute approximate surface area is 131 Å². The Morgan fingerprint density at radius 2 is 1.96 bits per heavy atom. The minimum atomic E-state index is -0.367. The summed E-state index contributed by atoms with van der Waals surface area (Å²) in [5, 5.41) is 1.83. The lowest BCUT2D eigenvalue weighted by Gasteiger charge is -2.13. The fraction of sp³-hybridized carbons (Fsp3) is 0.222. The van der Waals surface area contributed by atoms with Gasteiger partial charge in [-0.1, -0.05) is 20.8 Å². The van der Waals surface area contributed by atoms with Crippen molar-refractivity contribution in [2.24, 2.45) is 0 Å². The van der Waals surface area contributed by atoms with E-state index in [1.165, 1.54) is 12.1 Å². The lowest BCUT2D eigenvalue weighted by molar-refractivity contribution is 0.573. The number of H-pyrrole nitrogens is 1. The molecule has 0 unspecified atom stereocenters. The second kappa shape index (κ2) is 4.41. The minimum Gasteiger partial charge on any atom is -0.328 e. The second-order valence-electron chi connectivity index (χ2n) is 6.83. The molecule has 1 N–H and O–H groups in total. The Bertz CT molecular complexity index is 1130. The summed E-state index contributed by atoms with van der Waals surface area (Å²) in [7, 11) is 0. The standard InChI is InChI=1S/C18H16FN3O/c1-18(2,3)14-9-22-13-6-7-20-17(23)15(13)12-8-10(19)4-5-11(12)16(22)21-14/h4-9H,1-3H3,(H,20,23). The predicted molar refractivity (Wildman–Crippen MR) is 89.5 cm³/mol. The number of hydrogen-bond acceptors (Lipinski definition) is 2. The number of rotatable bonds is 0. The van der Waals surface area contributed by atoms with Crippen LogP contribution in [0, 0.1) is 5.82 Å². The van der Waals surface area contributed by atoms with Gasteiger partial charge in [0.05, 0.1) is 16.6 Å². The van der Waals surface area contributed by atoms with Gasteiger partial charge >= 0.3 is 0 Å². The number of pyridine rings is 2. The van der Waals surface area contributed by atoms with Crippen molar-refractivity contribution in [2.75, 3.05) is 0 Å². The smallest absolute Gasteiger partial charge is 0.257 e. The quantitative estimate of drug-likeness (QED) is 0.503. The number of nitrogens with zero attached hydrogens (tertiary/aromatic N) is 2. The summed E-state index contributed by atoms with van der Waals surface area (Å²) in [6.45, 7) is 6.27. The van der Waals surface area contributed by atoms with Crippen molar-refractivity contribution in [3.05, 3.63) is 58.5 Å². The Morgan fingerprint density at radius 1 is 1.17 bits per heavy atom. The molecule has 4 nitrogen and oxygen atoms in total. The molecular formula is C18H16FN3O. The maximum Gasteiger partial charge on any atom is 0.257 e. The first-order chi connectivity index (χ1) is 10.9. The molecule has 3 heterocycles. The van der Waals surface area contributed by atoms with Crippen LogP contribution in [0.15, 0.2) is 41.5 Å². The van der Waals surface area contributed by atoms with E-state index in [-0.39, 0.29) is 16.8 Å². The fourth-order valence-electron chi connectivity index (χ4n) is 2.96. The van der Waals surface area contributed by atoms with E-state index in [1.54, 1.807) is 12.3 Å². The summed E-state index contributed by atoms with van der Waals surface area (Å²) in [5.41, 5.74) is 2.04. The summed E-state index contributed by atoms with van der Waals surface area (Å²) in [4.78, 5) is 19.8. The molecule has 4 aromatic rings. The molecule has 4 rings (SSSR count). The lowest BCUT2D eigenvalue weighted by atomic mass is 9.93. The molecule has 0 atom stereocenters. The Hall–Kier alpha value is -2.69. The van der Waals surface area contributed by atoms with Gasteiger partial charge in [0.25, 0.3) is 5.56 Å². The van der Waals surface area contributed by atoms with E-state index in [4.69, 9.17) is 4.98 Å². The topological polar surface area (TPSA) is 50.2 Å². The zero-order valence-corrected chi connectivity index (χ0v) is 13.1. The molecule has 0 aliphatic rings. The van der Waals surface area contributed by atoms with Crippen molar-refractivity contribution < 1.29 is 4.39 Å². The van der Waals surface area contributed by atoms with Crippen molar-refractivity contribution >= 4 is 27.3 Å². The van der Waals surface area contributed by atoms with Crippen LogP contribution < -0.4 is 5.56 Å². The zero-order chi connectivity index (χ0) is 16.4. The van der Waals surface area contributed by atoms with Crippen LogP contribution in [0.5, 0.6) is 0 Å². The lowest BCUT2D eigenvalue weighted by Crippen LogP contribution is -2.11. The highest BCUT2D eigenvalue weighted by molar-refractivity contribution is 6.11. The molecule has 3 aromatic heterocycles. The molecule has 0 radical (unpaired) electrons. The van der Waals surface area contributed by atoms with Gasteiger partial charge in [-0.3, -0.25) is 9.20 Å². The molecule has 23 heavy (non-hydrogen) atoms. The van der Waals surface area contributed by atoms with Crippen LogP contribution in [-0.4, -0.2) is 14.4 Å². The van der Waals surface area contributed by atoms with Crippen LogP contribution in [0.4, 0.5) is 4.39 Å². The van der Waals surface area contributed by atoms with Crippen LogP contribution in [0.2, 0.25) is 0 Å². The van der Waals surface area contributed by atoms with E-state index < -0.39 is 0 Å². The summed E-state index contributed by atoms with van der Waals surface area (Å²) >= 11 is 0. The van der Waals surface area contributed by atoms with Crippen LogP contribution in [0.3, 0.4) is 0 Å². The number of halogens is 1. The summed E-state index contributed by atoms with van der Waals surface area (Å²) < 4.78 is 15.7. The van der Waals surface area contributed by atoms with Crippen molar-refractivity contribution in [3.8, 4) is 0 Å². The Kier molecular flexibility index (Phi) is 2.67. The van der Waals surface area contributed by atoms with Crippen molar-refractivity contribution in [1.29, 1.82) is 0 Å². The van der Waals surface area contributed by atoms with Gasteiger partial charge in [-0.25, -0.2) is 9.37 Å². The number of benzene rings is 1. The average molecular weight is 309 g/mol. The molecule has 0 bridgehead atoms. The predicted octanol–water partition coefficient (Wildman–Crippen LogP) is 3.77. The van der Waals surface area contributed by atoms with Gasteiger partial charge in [0.2, 0.25) is 0 Å². The highest BCUT2D eigenvalue weighted by Gasteiger charge is 2.20. The summed E-state index contributed by atoms with van der Waals surface area (Å²) in [5.74, 6) is -0.367. The number of aromatic amines is 1. The zero-order valence-electron chi connectivity index (χ0n) is 13.1. The SMILES string of the molecule is CC(C)(C)c1cn2c3cc[nH]c(=O)c3c3cc(F)ccc3c2n1. The average Bonchev–Trinajstić information content (AvgIpc) is 2.92. The Morgan fingerprint density at radius 3 is 2.70 bits per heavy atom. The normalized spacial score (nSPS) is 12.5. The second-order valence-corrected chi connectivity index (χ2v) is 6.83. The van der Waals surface area contributed by atoms with Crippen LogP contribution in [-0.2, 0) is 5.41 Å². The van der Waals surface area contributed by atoms with Gasteiger partial charge in [0, 0.05) is 28.6 Å². The van der Waals surface area contributed by atoms with Gasteiger partial charge in [-0.15, -0.1) is 0 Å². The fourth-order valence-corrected chi connectivity index (χ4v) is 2.96. The van der Waals surface area contributed by atoms with Crippen molar-refractivity contribution in [1.82, 2.24) is 14.4 Å². The van der Waals surface area contributed by atoms with Crippen molar-refractivity contribution in [2.45, 2.75) is 26.2 Å². The molecule has 0 aliphatic carbocycles. The third-order valence-corrected chi connectivity index (χ3v) is 4.16. The number of aromatic nitrogens is 3. The number of imidazole rings is 1. The van der Waals surface area contributed by atoms with Crippen LogP contribution in [0.25, 0.3) is 27.3 Å². The van der Waals surface area contributed by atoms with E-state index in [2.05, 4.69) is 25.8 Å². The highest BCUT2D eigenvalue weighted by Crippen LogP contribution is 2.30. The molecule has 0 aliphatic heterocycles. The highest BCUT2D eigenvalue weighted by atomic mass is 19.1. The summed E-state index contributed by atoms with van der Waals surface area (Å²) in [6, 6.07) is 6.31. The molecule has 0 spiro atoms. The largest absolute Gasteiger partial charge is 0.328 e. The number of hydrogen-bond donors (Lipinski definition) is 1. The van der Waals surface area contributed by atoms with Gasteiger partial charge in [0.15, 0.2) is 0 Å². The number of fused-ring (bicyclic) bond motifs is 6. The minimum absolute atomic E-state index is 0.119. The monoisotopic (exact) mass is 309 g/mol.